The summed E-state index contributed by atoms with van der Waals surface area (Å²) in [6.07, 6.45) is 15.4. The summed E-state index contributed by atoms with van der Waals surface area (Å²) < 4.78 is 11.0. The van der Waals surface area contributed by atoms with Crippen LogP contribution >= 0.6 is 11.6 Å². The lowest BCUT2D eigenvalue weighted by molar-refractivity contribution is -0.386. The SMILES string of the molecule is Cc1onc(C(=O)N2CCN(C(c3ccc(Cl)cc3)c3ccc(OCC(=O)N4CCN(CCCCCCCCCCCCCCNc5cccc6c5CN(C5CCC(=O)NC5=O)C6=O)CC4)cc3)CC2)c1[N+](=O)[O-]. The van der Waals surface area contributed by atoms with Crippen LogP contribution in [0.3, 0.4) is 0 Å². The van der Waals surface area contributed by atoms with E-state index in [1.165, 1.54) is 71.1 Å². The minimum atomic E-state index is -0.634. The molecule has 4 aliphatic rings. The van der Waals surface area contributed by atoms with E-state index >= 15 is 0 Å². The van der Waals surface area contributed by atoms with E-state index < -0.39 is 22.6 Å². The monoisotopic (exact) mass is 1040 g/mol. The van der Waals surface area contributed by atoms with Crippen LogP contribution in [-0.2, 0) is 20.9 Å². The Morgan fingerprint density at radius 3 is 2.05 bits per heavy atom. The maximum Gasteiger partial charge on any atom is 0.344 e. The third kappa shape index (κ3) is 13.9. The molecule has 1 aromatic heterocycles. The summed E-state index contributed by atoms with van der Waals surface area (Å²) >= 11 is 6.25. The van der Waals surface area contributed by atoms with Crippen molar-refractivity contribution in [1.82, 2.24) is 35.0 Å². The van der Waals surface area contributed by atoms with Gasteiger partial charge in [-0.2, -0.15) is 0 Å². The van der Waals surface area contributed by atoms with E-state index in [4.69, 9.17) is 20.9 Å². The number of benzene rings is 3. The molecule has 4 aliphatic heterocycles. The number of ether oxygens (including phenoxy) is 1. The van der Waals surface area contributed by atoms with Gasteiger partial charge in [0.15, 0.2) is 6.61 Å². The molecule has 3 saturated heterocycles. The number of hydrogen-bond acceptors (Lipinski definition) is 13. The van der Waals surface area contributed by atoms with Crippen molar-refractivity contribution in [3.8, 4) is 5.75 Å². The summed E-state index contributed by atoms with van der Waals surface area (Å²) in [5, 5.41) is 21.8. The quantitative estimate of drug-likeness (QED) is 0.0279. The molecule has 0 saturated carbocycles. The van der Waals surface area contributed by atoms with E-state index in [2.05, 4.69) is 25.6 Å². The number of unbranched alkanes of at least 4 members (excludes halogenated alkanes) is 11. The summed E-state index contributed by atoms with van der Waals surface area (Å²) in [6.45, 7) is 8.53. The maximum atomic E-state index is 13.3. The fourth-order valence-corrected chi connectivity index (χ4v) is 10.8. The highest BCUT2D eigenvalue weighted by Gasteiger charge is 2.40. The number of halogens is 1. The zero-order valence-corrected chi connectivity index (χ0v) is 43.3. The number of imide groups is 1. The predicted molar refractivity (Wildman–Crippen MR) is 280 cm³/mol. The smallest absolute Gasteiger partial charge is 0.344 e. The second-order valence-corrected chi connectivity index (χ2v) is 20.4. The summed E-state index contributed by atoms with van der Waals surface area (Å²) in [4.78, 5) is 84.3. The van der Waals surface area contributed by atoms with Crippen molar-refractivity contribution < 1.29 is 38.2 Å². The van der Waals surface area contributed by atoms with Crippen LogP contribution in [0.1, 0.15) is 139 Å². The van der Waals surface area contributed by atoms with Gasteiger partial charge in [-0.05, 0) is 73.3 Å². The number of nitrogens with zero attached hydrogens (tertiary/aromatic N) is 7. The molecule has 5 heterocycles. The van der Waals surface area contributed by atoms with Crippen molar-refractivity contribution in [3.05, 3.63) is 116 Å². The first kappa shape index (κ1) is 53.9. The van der Waals surface area contributed by atoms with Crippen LogP contribution in [-0.4, -0.2) is 142 Å². The standard InChI is InChI=1S/C55H70ClN9O9/c1-39-51(65(71)72)50(59-74-39)55(70)63-35-33-62(34-36-63)52(40-17-21-42(56)22-18-40)41-19-23-43(24-20-41)73-38-49(67)61-31-29-60(30-32-61)28-13-11-9-7-5-3-2-4-6-8-10-12-27-57-46-16-14-15-44-45(46)37-64(54(44)69)47-25-26-48(66)58-53(47)68/h14-24,47,52,57H,2-13,25-38H2,1H3,(H,58,66,68). The van der Waals surface area contributed by atoms with Gasteiger partial charge in [-0.3, -0.25) is 49.2 Å². The maximum absolute atomic E-state index is 13.3. The molecule has 19 heteroatoms. The molecule has 4 aromatic rings. The second kappa shape index (κ2) is 26.2. The number of amides is 5. The third-order valence-electron chi connectivity index (χ3n) is 15.0. The second-order valence-electron chi connectivity index (χ2n) is 20.0. The van der Waals surface area contributed by atoms with Crippen LogP contribution < -0.4 is 15.4 Å². The number of anilines is 1. The minimum absolute atomic E-state index is 0.00576. The normalized spacial score (nSPS) is 17.8. The molecule has 2 N–H and O–H groups in total. The fraction of sp³-hybridized carbons (Fsp3) is 0.527. The minimum Gasteiger partial charge on any atom is -0.484 e. The lowest BCUT2D eigenvalue weighted by Gasteiger charge is -2.39. The largest absolute Gasteiger partial charge is 0.484 e. The van der Waals surface area contributed by atoms with Gasteiger partial charge in [0.2, 0.25) is 23.3 Å². The fourth-order valence-electron chi connectivity index (χ4n) is 10.7. The Hall–Kier alpha value is -6.37. The summed E-state index contributed by atoms with van der Waals surface area (Å²) in [7, 11) is 0. The predicted octanol–water partition coefficient (Wildman–Crippen LogP) is 8.17. The lowest BCUT2D eigenvalue weighted by atomic mass is 9.96. The van der Waals surface area contributed by atoms with E-state index in [0.717, 1.165) is 61.4 Å². The van der Waals surface area contributed by atoms with E-state index in [9.17, 15) is 34.1 Å². The van der Waals surface area contributed by atoms with Crippen LogP contribution in [0.2, 0.25) is 5.02 Å². The number of carbonyl (C=O) groups excluding carboxylic acids is 5. The van der Waals surface area contributed by atoms with Crippen LogP contribution in [0.5, 0.6) is 5.75 Å². The van der Waals surface area contributed by atoms with Crippen LogP contribution in [0.15, 0.2) is 71.3 Å². The molecule has 18 nitrogen and oxygen atoms in total. The van der Waals surface area contributed by atoms with Crippen molar-refractivity contribution in [2.45, 2.75) is 115 Å². The molecule has 0 spiro atoms. The van der Waals surface area contributed by atoms with Gasteiger partial charge in [0.05, 0.1) is 11.0 Å². The number of fused-ring (bicyclic) bond motifs is 1. The molecular formula is C55H70ClN9O9. The van der Waals surface area contributed by atoms with Crippen molar-refractivity contribution in [3.63, 3.8) is 0 Å². The number of aryl methyl sites for hydroxylation is 1. The van der Waals surface area contributed by atoms with Crippen molar-refractivity contribution in [2.24, 2.45) is 0 Å². The molecule has 0 bridgehead atoms. The third-order valence-corrected chi connectivity index (χ3v) is 15.2. The summed E-state index contributed by atoms with van der Waals surface area (Å²) in [5.41, 5.74) is 3.86. The van der Waals surface area contributed by atoms with Gasteiger partial charge in [0, 0.05) is 101 Å². The molecule has 2 unspecified atom stereocenters. The lowest BCUT2D eigenvalue weighted by Crippen LogP contribution is -2.52. The van der Waals surface area contributed by atoms with Gasteiger partial charge in [-0.1, -0.05) is 111 Å². The molecule has 0 aliphatic carbocycles. The topological polar surface area (TPSA) is 204 Å². The number of aromatic nitrogens is 1. The van der Waals surface area contributed by atoms with E-state index in [1.807, 2.05) is 71.6 Å². The molecule has 3 fully saturated rings. The molecule has 396 valence electrons. The Morgan fingerprint density at radius 1 is 0.811 bits per heavy atom. The molecule has 8 rings (SSSR count). The molecular weight excluding hydrogens is 966 g/mol. The highest BCUT2D eigenvalue weighted by Crippen LogP contribution is 2.34. The summed E-state index contributed by atoms with van der Waals surface area (Å²) in [5.74, 6) is -0.761. The van der Waals surface area contributed by atoms with Gasteiger partial charge in [0.25, 0.3) is 17.7 Å². The number of nitrogens with one attached hydrogen (secondary N) is 2. The molecule has 74 heavy (non-hydrogen) atoms. The molecule has 2 atom stereocenters. The highest BCUT2D eigenvalue weighted by atomic mass is 35.5. The van der Waals surface area contributed by atoms with E-state index in [0.29, 0.717) is 68.6 Å². The first-order valence-corrected chi connectivity index (χ1v) is 27.0. The number of nitro groups is 1. The zero-order chi connectivity index (χ0) is 52.0. The Kier molecular flexibility index (Phi) is 19.1. The number of piperazine rings is 2. The molecule has 0 radical (unpaired) electrons. The van der Waals surface area contributed by atoms with Gasteiger partial charge in [0.1, 0.15) is 11.8 Å². The number of piperidine rings is 1. The first-order valence-electron chi connectivity index (χ1n) is 26.6. The van der Waals surface area contributed by atoms with E-state index in [1.54, 1.807) is 9.80 Å². The zero-order valence-electron chi connectivity index (χ0n) is 42.6. The number of carbonyl (C=O) groups is 5. The van der Waals surface area contributed by atoms with Gasteiger partial charge in [-0.15, -0.1) is 0 Å². The van der Waals surface area contributed by atoms with Crippen LogP contribution in [0.25, 0.3) is 0 Å². The first-order chi connectivity index (χ1) is 35.9. The number of hydrogen-bond donors (Lipinski definition) is 2. The van der Waals surface area contributed by atoms with Crippen molar-refractivity contribution >= 4 is 52.5 Å². The Morgan fingerprint density at radius 2 is 1.42 bits per heavy atom. The van der Waals surface area contributed by atoms with Crippen LogP contribution in [0.4, 0.5) is 11.4 Å². The average molecular weight is 1040 g/mol. The highest BCUT2D eigenvalue weighted by molar-refractivity contribution is 6.30. The Labute approximate surface area is 438 Å². The Bertz CT molecular complexity index is 2580. The Balaban J connectivity index is 0.646. The van der Waals surface area contributed by atoms with Crippen molar-refractivity contribution in [2.75, 3.05) is 77.4 Å². The average Bonchev–Trinajstić information content (AvgIpc) is 3.97. The summed E-state index contributed by atoms with van der Waals surface area (Å²) in [6, 6.07) is 20.4. The van der Waals surface area contributed by atoms with Crippen LogP contribution in [0, 0.1) is 17.0 Å². The van der Waals surface area contributed by atoms with Crippen molar-refractivity contribution in [1.29, 1.82) is 0 Å². The van der Waals surface area contributed by atoms with Gasteiger partial charge >= 0.3 is 5.69 Å². The van der Waals surface area contributed by atoms with Gasteiger partial charge in [-0.25, -0.2) is 0 Å². The van der Waals surface area contributed by atoms with E-state index in [-0.39, 0.29) is 54.2 Å². The molecule has 3 aromatic carbocycles. The van der Waals surface area contributed by atoms with Gasteiger partial charge < -0.3 is 29.3 Å². The number of rotatable bonds is 25. The molecule has 5 amide bonds.